The van der Waals surface area contributed by atoms with Crippen LogP contribution in [0.15, 0.2) is 12.4 Å². The van der Waals surface area contributed by atoms with E-state index in [2.05, 4.69) is 46.3 Å². The molecule has 1 aromatic heterocycles. The number of piperazine rings is 1. The Hall–Kier alpha value is -1.36. The van der Waals surface area contributed by atoms with Gasteiger partial charge in [0.15, 0.2) is 0 Å². The van der Waals surface area contributed by atoms with Crippen LogP contribution in [-0.2, 0) is 11.3 Å². The number of nitrogens with zero attached hydrogens (tertiary/aromatic N) is 4. The summed E-state index contributed by atoms with van der Waals surface area (Å²) in [5.74, 6) is 3.24. The van der Waals surface area contributed by atoms with Crippen LogP contribution in [0, 0.1) is 11.8 Å². The number of amides is 1. The van der Waals surface area contributed by atoms with E-state index in [-0.39, 0.29) is 0 Å². The fourth-order valence-corrected chi connectivity index (χ4v) is 4.90. The highest BCUT2D eigenvalue weighted by molar-refractivity contribution is 5.79. The van der Waals surface area contributed by atoms with Crippen LogP contribution in [0.1, 0.15) is 77.5 Å². The highest BCUT2D eigenvalue weighted by atomic mass is 16.2. The minimum Gasteiger partial charge on any atom is -0.340 e. The number of imidazole rings is 1. The third-order valence-corrected chi connectivity index (χ3v) is 6.77. The topological polar surface area (TPSA) is 41.4 Å². The van der Waals surface area contributed by atoms with Gasteiger partial charge in [0.2, 0.25) is 5.91 Å². The first-order valence-electron chi connectivity index (χ1n) is 11.6. The second-order valence-corrected chi connectivity index (χ2v) is 9.16. The standard InChI is InChI=1S/C23H40N4O/c1-4-5-6-20-7-9-21(10-8-20)23(28)27-17-14-25(15-18-27)13-16-26-12-11-24-22(26)19(2)3/h11-12,19-21H,4-10,13-18H2,1-3H3. The van der Waals surface area contributed by atoms with Crippen LogP contribution in [0.3, 0.4) is 0 Å². The highest BCUT2D eigenvalue weighted by Crippen LogP contribution is 2.33. The zero-order valence-corrected chi connectivity index (χ0v) is 18.3. The number of hydrogen-bond donors (Lipinski definition) is 0. The minimum atomic E-state index is 0.295. The molecule has 2 fully saturated rings. The summed E-state index contributed by atoms with van der Waals surface area (Å²) in [5, 5.41) is 0. The molecule has 28 heavy (non-hydrogen) atoms. The lowest BCUT2D eigenvalue weighted by molar-refractivity contribution is -0.138. The molecule has 0 unspecified atom stereocenters. The first kappa shape index (κ1) is 21.4. The van der Waals surface area contributed by atoms with Gasteiger partial charge in [0, 0.05) is 63.5 Å². The van der Waals surface area contributed by atoms with E-state index in [1.807, 2.05) is 6.20 Å². The highest BCUT2D eigenvalue weighted by Gasteiger charge is 2.30. The minimum absolute atomic E-state index is 0.295. The van der Waals surface area contributed by atoms with Gasteiger partial charge < -0.3 is 9.47 Å². The molecule has 5 heteroatoms. The molecule has 1 saturated heterocycles. The summed E-state index contributed by atoms with van der Waals surface area (Å²) in [7, 11) is 0. The van der Waals surface area contributed by atoms with E-state index in [4.69, 9.17) is 0 Å². The van der Waals surface area contributed by atoms with E-state index in [1.165, 1.54) is 37.9 Å². The van der Waals surface area contributed by atoms with Crippen LogP contribution in [0.2, 0.25) is 0 Å². The van der Waals surface area contributed by atoms with Crippen molar-refractivity contribution < 1.29 is 4.79 Å². The largest absolute Gasteiger partial charge is 0.340 e. The lowest BCUT2D eigenvalue weighted by Crippen LogP contribution is -2.51. The number of rotatable bonds is 8. The van der Waals surface area contributed by atoms with Crippen molar-refractivity contribution in [3.05, 3.63) is 18.2 Å². The van der Waals surface area contributed by atoms with E-state index in [1.54, 1.807) is 0 Å². The molecule has 0 aromatic carbocycles. The van der Waals surface area contributed by atoms with Crippen molar-refractivity contribution in [3.63, 3.8) is 0 Å². The normalized spacial score (nSPS) is 24.1. The number of carbonyl (C=O) groups is 1. The van der Waals surface area contributed by atoms with E-state index >= 15 is 0 Å². The summed E-state index contributed by atoms with van der Waals surface area (Å²) in [5.41, 5.74) is 0. The monoisotopic (exact) mass is 388 g/mol. The maximum absolute atomic E-state index is 12.9. The summed E-state index contributed by atoms with van der Waals surface area (Å²) in [6, 6.07) is 0. The molecule has 0 spiro atoms. The van der Waals surface area contributed by atoms with Gasteiger partial charge in [-0.1, -0.05) is 40.0 Å². The molecule has 1 aromatic rings. The summed E-state index contributed by atoms with van der Waals surface area (Å²) in [6.07, 6.45) is 12.8. The Kier molecular flexibility index (Phi) is 7.95. The van der Waals surface area contributed by atoms with Gasteiger partial charge in [-0.15, -0.1) is 0 Å². The first-order valence-corrected chi connectivity index (χ1v) is 11.6. The number of aromatic nitrogens is 2. The van der Waals surface area contributed by atoms with Gasteiger partial charge in [0.05, 0.1) is 0 Å². The van der Waals surface area contributed by atoms with Gasteiger partial charge in [-0.2, -0.15) is 0 Å². The molecule has 0 N–H and O–H groups in total. The van der Waals surface area contributed by atoms with Crippen molar-refractivity contribution in [1.82, 2.24) is 19.4 Å². The van der Waals surface area contributed by atoms with E-state index in [0.29, 0.717) is 17.7 Å². The summed E-state index contributed by atoms with van der Waals surface area (Å²) in [4.78, 5) is 22.1. The lowest BCUT2D eigenvalue weighted by Gasteiger charge is -2.38. The lowest BCUT2D eigenvalue weighted by atomic mass is 9.79. The second kappa shape index (κ2) is 10.4. The average Bonchev–Trinajstić information content (AvgIpc) is 3.20. The predicted molar refractivity (Wildman–Crippen MR) is 114 cm³/mol. The molecule has 1 aliphatic heterocycles. The van der Waals surface area contributed by atoms with Gasteiger partial charge in [0.1, 0.15) is 5.82 Å². The fraction of sp³-hybridized carbons (Fsp3) is 0.826. The molecule has 1 amide bonds. The Morgan fingerprint density at radius 1 is 1.11 bits per heavy atom. The van der Waals surface area contributed by atoms with Crippen LogP contribution in [0.5, 0.6) is 0 Å². The maximum atomic E-state index is 12.9. The Labute approximate surface area is 171 Å². The van der Waals surface area contributed by atoms with Crippen molar-refractivity contribution in [3.8, 4) is 0 Å². The van der Waals surface area contributed by atoms with Crippen LogP contribution >= 0.6 is 0 Å². The molecule has 1 saturated carbocycles. The Balaban J connectivity index is 1.38. The van der Waals surface area contributed by atoms with E-state index in [0.717, 1.165) is 58.0 Å². The SMILES string of the molecule is CCCCC1CCC(C(=O)N2CCN(CCn3ccnc3C(C)C)CC2)CC1. The van der Waals surface area contributed by atoms with Crippen LogP contribution < -0.4 is 0 Å². The molecular formula is C23H40N4O. The van der Waals surface area contributed by atoms with Gasteiger partial charge in [-0.05, 0) is 31.6 Å². The third-order valence-electron chi connectivity index (χ3n) is 6.77. The predicted octanol–water partition coefficient (Wildman–Crippen LogP) is 4.15. The summed E-state index contributed by atoms with van der Waals surface area (Å²) >= 11 is 0. The Morgan fingerprint density at radius 2 is 1.82 bits per heavy atom. The van der Waals surface area contributed by atoms with E-state index in [9.17, 15) is 4.79 Å². The van der Waals surface area contributed by atoms with Crippen molar-refractivity contribution in [1.29, 1.82) is 0 Å². The average molecular weight is 389 g/mol. The molecule has 3 rings (SSSR count). The Morgan fingerprint density at radius 3 is 2.46 bits per heavy atom. The van der Waals surface area contributed by atoms with E-state index < -0.39 is 0 Å². The molecule has 2 heterocycles. The first-order chi connectivity index (χ1) is 13.6. The quantitative estimate of drug-likeness (QED) is 0.672. The van der Waals surface area contributed by atoms with Crippen LogP contribution in [0.25, 0.3) is 0 Å². The van der Waals surface area contributed by atoms with Crippen LogP contribution in [0.4, 0.5) is 0 Å². The van der Waals surface area contributed by atoms with Gasteiger partial charge >= 0.3 is 0 Å². The molecular weight excluding hydrogens is 348 g/mol. The second-order valence-electron chi connectivity index (χ2n) is 9.16. The summed E-state index contributed by atoms with van der Waals surface area (Å²) in [6.45, 7) is 12.5. The molecule has 0 radical (unpaired) electrons. The molecule has 0 atom stereocenters. The molecule has 2 aliphatic rings. The van der Waals surface area contributed by atoms with Gasteiger partial charge in [-0.25, -0.2) is 4.98 Å². The van der Waals surface area contributed by atoms with Crippen molar-refractivity contribution in [2.45, 2.75) is 78.2 Å². The summed E-state index contributed by atoms with van der Waals surface area (Å²) < 4.78 is 2.28. The maximum Gasteiger partial charge on any atom is 0.225 e. The van der Waals surface area contributed by atoms with Crippen molar-refractivity contribution in [2.24, 2.45) is 11.8 Å². The fourth-order valence-electron chi connectivity index (χ4n) is 4.90. The van der Waals surface area contributed by atoms with Crippen molar-refractivity contribution >= 4 is 5.91 Å². The zero-order chi connectivity index (χ0) is 19.9. The zero-order valence-electron chi connectivity index (χ0n) is 18.3. The van der Waals surface area contributed by atoms with Gasteiger partial charge in [-0.3, -0.25) is 9.69 Å². The Bertz CT molecular complexity index is 595. The molecule has 0 bridgehead atoms. The number of hydrogen-bond acceptors (Lipinski definition) is 3. The molecule has 5 nitrogen and oxygen atoms in total. The van der Waals surface area contributed by atoms with Crippen LogP contribution in [-0.4, -0.2) is 58.0 Å². The number of unbranched alkanes of at least 4 members (excludes halogenated alkanes) is 1. The van der Waals surface area contributed by atoms with Gasteiger partial charge in [0.25, 0.3) is 0 Å². The third kappa shape index (κ3) is 5.59. The molecule has 158 valence electrons. The molecule has 1 aliphatic carbocycles. The smallest absolute Gasteiger partial charge is 0.225 e. The number of carbonyl (C=O) groups excluding carboxylic acids is 1. The van der Waals surface area contributed by atoms with Crippen molar-refractivity contribution in [2.75, 3.05) is 32.7 Å².